The van der Waals surface area contributed by atoms with Crippen LogP contribution in [0.4, 0.5) is 0 Å². The van der Waals surface area contributed by atoms with E-state index in [1.807, 2.05) is 24.3 Å². The van der Waals surface area contributed by atoms with E-state index in [1.54, 1.807) is 12.1 Å². The van der Waals surface area contributed by atoms with Crippen molar-refractivity contribution in [2.24, 2.45) is 0 Å². The minimum atomic E-state index is -0.283. The van der Waals surface area contributed by atoms with Gasteiger partial charge in [0.15, 0.2) is 0 Å². The SMILES string of the molecule is COC(=O)Cc1cccc(-c2ccc(O)cc2Cl)c1. The minimum Gasteiger partial charge on any atom is -0.508 e. The van der Waals surface area contributed by atoms with Crippen LogP contribution in [0, 0.1) is 0 Å². The van der Waals surface area contributed by atoms with Crippen molar-refractivity contribution in [1.82, 2.24) is 0 Å². The van der Waals surface area contributed by atoms with Crippen LogP contribution in [0.3, 0.4) is 0 Å². The van der Waals surface area contributed by atoms with Crippen LogP contribution >= 0.6 is 11.6 Å². The van der Waals surface area contributed by atoms with Gasteiger partial charge < -0.3 is 9.84 Å². The number of carbonyl (C=O) groups excluding carboxylic acids is 1. The van der Waals surface area contributed by atoms with E-state index >= 15 is 0 Å². The number of phenols is 1. The highest BCUT2D eigenvalue weighted by Gasteiger charge is 2.07. The molecule has 2 aromatic rings. The molecule has 0 heterocycles. The van der Waals surface area contributed by atoms with Gasteiger partial charge in [0.05, 0.1) is 18.6 Å². The maximum atomic E-state index is 11.3. The molecule has 0 unspecified atom stereocenters. The van der Waals surface area contributed by atoms with Gasteiger partial charge in [-0.3, -0.25) is 4.79 Å². The Hall–Kier alpha value is -2.00. The molecule has 3 nitrogen and oxygen atoms in total. The first-order valence-electron chi connectivity index (χ1n) is 5.75. The molecule has 0 fully saturated rings. The number of benzene rings is 2. The van der Waals surface area contributed by atoms with Crippen molar-refractivity contribution in [3.63, 3.8) is 0 Å². The highest BCUT2D eigenvalue weighted by molar-refractivity contribution is 6.33. The van der Waals surface area contributed by atoms with Crippen molar-refractivity contribution in [3.8, 4) is 16.9 Å². The number of halogens is 1. The van der Waals surface area contributed by atoms with E-state index in [0.29, 0.717) is 5.02 Å². The molecule has 0 atom stereocenters. The molecule has 0 bridgehead atoms. The first-order valence-corrected chi connectivity index (χ1v) is 6.12. The van der Waals surface area contributed by atoms with E-state index in [2.05, 4.69) is 4.74 Å². The largest absolute Gasteiger partial charge is 0.508 e. The normalized spacial score (nSPS) is 10.2. The second-order valence-corrected chi connectivity index (χ2v) is 4.52. The molecule has 4 heteroatoms. The predicted octanol–water partition coefficient (Wildman–Crippen LogP) is 3.43. The Labute approximate surface area is 116 Å². The Morgan fingerprint density at radius 3 is 2.74 bits per heavy atom. The fraction of sp³-hybridized carbons (Fsp3) is 0.133. The molecular weight excluding hydrogens is 264 g/mol. The van der Waals surface area contributed by atoms with Gasteiger partial charge in [0.1, 0.15) is 5.75 Å². The molecule has 0 spiro atoms. The molecule has 0 amide bonds. The molecule has 0 aromatic heterocycles. The van der Waals surface area contributed by atoms with Gasteiger partial charge in [0.2, 0.25) is 0 Å². The van der Waals surface area contributed by atoms with E-state index in [1.165, 1.54) is 13.2 Å². The Morgan fingerprint density at radius 1 is 1.26 bits per heavy atom. The van der Waals surface area contributed by atoms with Gasteiger partial charge in [-0.25, -0.2) is 0 Å². The van der Waals surface area contributed by atoms with Gasteiger partial charge in [-0.15, -0.1) is 0 Å². The monoisotopic (exact) mass is 276 g/mol. The molecule has 0 radical (unpaired) electrons. The number of hydrogen-bond acceptors (Lipinski definition) is 3. The van der Waals surface area contributed by atoms with Gasteiger partial charge >= 0.3 is 5.97 Å². The Bertz CT molecular complexity index is 608. The highest BCUT2D eigenvalue weighted by Crippen LogP contribution is 2.31. The van der Waals surface area contributed by atoms with Crippen molar-refractivity contribution in [3.05, 3.63) is 53.1 Å². The van der Waals surface area contributed by atoms with Gasteiger partial charge in [0, 0.05) is 5.56 Å². The van der Waals surface area contributed by atoms with Crippen LogP contribution in [0.1, 0.15) is 5.56 Å². The summed E-state index contributed by atoms with van der Waals surface area (Å²) in [6.07, 6.45) is 0.222. The first kappa shape index (κ1) is 13.4. The van der Waals surface area contributed by atoms with Gasteiger partial charge in [-0.2, -0.15) is 0 Å². The van der Waals surface area contributed by atoms with E-state index in [4.69, 9.17) is 11.6 Å². The lowest BCUT2D eigenvalue weighted by Gasteiger charge is -2.07. The highest BCUT2D eigenvalue weighted by atomic mass is 35.5. The van der Waals surface area contributed by atoms with E-state index in [0.717, 1.165) is 16.7 Å². The summed E-state index contributed by atoms with van der Waals surface area (Å²) in [6, 6.07) is 12.3. The van der Waals surface area contributed by atoms with E-state index in [9.17, 15) is 9.90 Å². The molecule has 1 N–H and O–H groups in total. The number of aromatic hydroxyl groups is 1. The summed E-state index contributed by atoms with van der Waals surface area (Å²) in [6.45, 7) is 0. The molecule has 0 aliphatic rings. The van der Waals surface area contributed by atoms with Crippen LogP contribution in [-0.4, -0.2) is 18.2 Å². The predicted molar refractivity (Wildman–Crippen MR) is 74.3 cm³/mol. The maximum Gasteiger partial charge on any atom is 0.309 e. The number of hydrogen-bond donors (Lipinski definition) is 1. The molecule has 2 rings (SSSR count). The zero-order valence-electron chi connectivity index (χ0n) is 10.4. The summed E-state index contributed by atoms with van der Waals surface area (Å²) in [5.41, 5.74) is 2.56. The standard InChI is InChI=1S/C15H13ClO3/c1-19-15(18)8-10-3-2-4-11(7-10)13-6-5-12(17)9-14(13)16/h2-7,9,17H,8H2,1H3. The van der Waals surface area contributed by atoms with Gasteiger partial charge in [0.25, 0.3) is 0 Å². The summed E-state index contributed by atoms with van der Waals surface area (Å²) >= 11 is 6.10. The Kier molecular flexibility index (Phi) is 4.07. The third-order valence-electron chi connectivity index (χ3n) is 2.77. The number of esters is 1. The van der Waals surface area contributed by atoms with Gasteiger partial charge in [-0.05, 0) is 29.3 Å². The molecule has 0 aliphatic carbocycles. The summed E-state index contributed by atoms with van der Waals surface area (Å²) in [5.74, 6) is -0.159. The molecule has 2 aromatic carbocycles. The summed E-state index contributed by atoms with van der Waals surface area (Å²) in [7, 11) is 1.36. The average Bonchev–Trinajstić information content (AvgIpc) is 2.39. The van der Waals surface area contributed by atoms with Crippen LogP contribution in [-0.2, 0) is 16.0 Å². The summed E-state index contributed by atoms with van der Waals surface area (Å²) in [5, 5.41) is 9.81. The smallest absolute Gasteiger partial charge is 0.309 e. The second-order valence-electron chi connectivity index (χ2n) is 4.12. The first-order chi connectivity index (χ1) is 9.10. The molecule has 0 saturated heterocycles. The topological polar surface area (TPSA) is 46.5 Å². The van der Waals surface area contributed by atoms with Crippen LogP contribution in [0.15, 0.2) is 42.5 Å². The summed E-state index contributed by atoms with van der Waals surface area (Å²) in [4.78, 5) is 11.3. The third kappa shape index (κ3) is 3.26. The van der Waals surface area contributed by atoms with E-state index in [-0.39, 0.29) is 18.1 Å². The second kappa shape index (κ2) is 5.76. The van der Waals surface area contributed by atoms with Crippen molar-refractivity contribution >= 4 is 17.6 Å². The quantitative estimate of drug-likeness (QED) is 0.874. The molecule has 0 aliphatic heterocycles. The van der Waals surface area contributed by atoms with Crippen LogP contribution in [0.5, 0.6) is 5.75 Å². The molecule has 0 saturated carbocycles. The molecule has 98 valence electrons. The van der Waals surface area contributed by atoms with Gasteiger partial charge in [-0.1, -0.05) is 35.9 Å². The number of carbonyl (C=O) groups is 1. The number of methoxy groups -OCH3 is 1. The third-order valence-corrected chi connectivity index (χ3v) is 3.08. The molecular formula is C15H13ClO3. The van der Waals surface area contributed by atoms with Crippen molar-refractivity contribution in [1.29, 1.82) is 0 Å². The number of ether oxygens (including phenoxy) is 1. The Balaban J connectivity index is 2.35. The maximum absolute atomic E-state index is 11.3. The average molecular weight is 277 g/mol. The van der Waals surface area contributed by atoms with Crippen LogP contribution < -0.4 is 0 Å². The summed E-state index contributed by atoms with van der Waals surface area (Å²) < 4.78 is 4.64. The van der Waals surface area contributed by atoms with Crippen molar-refractivity contribution < 1.29 is 14.6 Å². The van der Waals surface area contributed by atoms with Crippen molar-refractivity contribution in [2.45, 2.75) is 6.42 Å². The van der Waals surface area contributed by atoms with E-state index < -0.39 is 0 Å². The lowest BCUT2D eigenvalue weighted by Crippen LogP contribution is -2.04. The van der Waals surface area contributed by atoms with Crippen molar-refractivity contribution in [2.75, 3.05) is 7.11 Å². The fourth-order valence-corrected chi connectivity index (χ4v) is 2.11. The van der Waals surface area contributed by atoms with Crippen LogP contribution in [0.25, 0.3) is 11.1 Å². The minimum absolute atomic E-state index is 0.125. The lowest BCUT2D eigenvalue weighted by molar-refractivity contribution is -0.139. The zero-order valence-corrected chi connectivity index (χ0v) is 11.1. The number of rotatable bonds is 3. The lowest BCUT2D eigenvalue weighted by atomic mass is 10.0. The Morgan fingerprint density at radius 2 is 2.05 bits per heavy atom. The molecule has 19 heavy (non-hydrogen) atoms. The zero-order chi connectivity index (χ0) is 13.8. The fourth-order valence-electron chi connectivity index (χ4n) is 1.83. The van der Waals surface area contributed by atoms with Crippen LogP contribution in [0.2, 0.25) is 5.02 Å². The number of phenolic OH excluding ortho intramolecular Hbond substituents is 1.